The Hall–Kier alpha value is 0.269. The Morgan fingerprint density at radius 1 is 0.833 bits per heavy atom. The van der Waals surface area contributed by atoms with Crippen molar-refractivity contribution in [2.24, 2.45) is 5.92 Å². The molecular formula is C26H45FeOP2+. The van der Waals surface area contributed by atoms with Crippen LogP contribution in [0.25, 0.3) is 0 Å². The first-order chi connectivity index (χ1) is 13.5. The van der Waals surface area contributed by atoms with Crippen LogP contribution in [0.3, 0.4) is 0 Å². The van der Waals surface area contributed by atoms with Gasteiger partial charge in [-0.25, -0.2) is 0 Å². The summed E-state index contributed by atoms with van der Waals surface area (Å²) < 4.78 is 13.2. The van der Waals surface area contributed by atoms with Crippen LogP contribution in [0.4, 0.5) is 0 Å². The third kappa shape index (κ3) is 8.00. The number of hydrogen-bond acceptors (Lipinski definition) is 1. The van der Waals surface area contributed by atoms with E-state index in [2.05, 4.69) is 60.6 Å². The molecule has 1 nitrogen and oxygen atoms in total. The first-order valence-electron chi connectivity index (χ1n) is 11.8. The summed E-state index contributed by atoms with van der Waals surface area (Å²) in [4.78, 5) is 0. The van der Waals surface area contributed by atoms with Gasteiger partial charge in [0.2, 0.25) is 0 Å². The summed E-state index contributed by atoms with van der Waals surface area (Å²) in [6, 6.07) is 10.2. The third-order valence-corrected chi connectivity index (χ3v) is 12.7. The Kier molecular flexibility index (Phi) is 11.8. The summed E-state index contributed by atoms with van der Waals surface area (Å²) in [7, 11) is -1.45. The Labute approximate surface area is 200 Å². The summed E-state index contributed by atoms with van der Waals surface area (Å²) in [5.74, 6) is 0.610. The molecule has 2 saturated carbocycles. The molecule has 3 unspecified atom stereocenters. The smallest absolute Gasteiger partial charge is 0.0923 e. The molecule has 0 saturated heterocycles. The van der Waals surface area contributed by atoms with Gasteiger partial charge in [0.1, 0.15) is 0 Å². The molecule has 4 heteroatoms. The van der Waals surface area contributed by atoms with Crippen LogP contribution in [0, 0.1) is 5.92 Å². The molecule has 3 rings (SSSR count). The van der Waals surface area contributed by atoms with Crippen molar-refractivity contribution in [2.75, 3.05) is 0 Å². The van der Waals surface area contributed by atoms with E-state index in [1.165, 1.54) is 44.9 Å². The van der Waals surface area contributed by atoms with E-state index in [-0.39, 0.29) is 25.0 Å². The van der Waals surface area contributed by atoms with Crippen LogP contribution in [-0.4, -0.2) is 21.6 Å². The molecule has 1 aromatic carbocycles. The molecule has 4 atom stereocenters. The van der Waals surface area contributed by atoms with Crippen LogP contribution in [-0.2, 0) is 21.6 Å². The fraction of sp³-hybridized carbons (Fsp3) is 0.769. The van der Waals surface area contributed by atoms with Gasteiger partial charge in [0.25, 0.3) is 0 Å². The molecule has 0 aromatic heterocycles. The number of rotatable bonds is 4. The molecule has 172 valence electrons. The van der Waals surface area contributed by atoms with Gasteiger partial charge >= 0.3 is 7.80 Å². The molecular weight excluding hydrogens is 446 g/mol. The summed E-state index contributed by atoms with van der Waals surface area (Å²) in [6.07, 6.45) is 11.1. The topological polar surface area (TPSA) is 17.1 Å². The van der Waals surface area contributed by atoms with E-state index in [4.69, 9.17) is 0 Å². The monoisotopic (exact) mass is 491 g/mol. The molecule has 2 aliphatic carbocycles. The predicted molar refractivity (Wildman–Crippen MR) is 134 cm³/mol. The van der Waals surface area contributed by atoms with Crippen molar-refractivity contribution in [3.63, 3.8) is 0 Å². The SMILES string of the molecule is C1CCCC1.C[C@@H](C1CCCC1[P+](=O)c1ccccc1)P(C(C)(C)C)C(C)(C)C.[Fe]. The van der Waals surface area contributed by atoms with Crippen LogP contribution in [0.2, 0.25) is 0 Å². The Bertz CT molecular complexity index is 607. The maximum Gasteiger partial charge on any atom is 0.380 e. The third-order valence-electron chi connectivity index (χ3n) is 6.57. The molecule has 30 heavy (non-hydrogen) atoms. The zero-order valence-electron chi connectivity index (χ0n) is 20.4. The molecule has 2 fully saturated rings. The maximum atomic E-state index is 13.2. The Morgan fingerprint density at radius 3 is 1.73 bits per heavy atom. The van der Waals surface area contributed by atoms with Gasteiger partial charge in [-0.3, -0.25) is 0 Å². The summed E-state index contributed by atoms with van der Waals surface area (Å²) >= 11 is 0. The van der Waals surface area contributed by atoms with E-state index in [0.717, 1.165) is 11.7 Å². The molecule has 0 aliphatic heterocycles. The van der Waals surface area contributed by atoms with E-state index in [1.54, 1.807) is 0 Å². The molecule has 2 aliphatic rings. The first kappa shape index (κ1) is 28.3. The van der Waals surface area contributed by atoms with E-state index in [0.29, 0.717) is 27.5 Å². The molecule has 0 N–H and O–H groups in total. The fourth-order valence-corrected chi connectivity index (χ4v) is 13.2. The van der Waals surface area contributed by atoms with Crippen molar-refractivity contribution < 1.29 is 21.6 Å². The first-order valence-corrected chi connectivity index (χ1v) is 14.6. The van der Waals surface area contributed by atoms with Crippen LogP contribution in [0.5, 0.6) is 0 Å². The quantitative estimate of drug-likeness (QED) is 0.304. The predicted octanol–water partition coefficient (Wildman–Crippen LogP) is 8.72. The minimum atomic E-state index is -1.28. The van der Waals surface area contributed by atoms with Crippen molar-refractivity contribution >= 4 is 21.0 Å². The van der Waals surface area contributed by atoms with Crippen molar-refractivity contribution in [2.45, 2.75) is 121 Å². The second kappa shape index (κ2) is 12.5. The average Bonchev–Trinajstić information content (AvgIpc) is 3.33. The Morgan fingerprint density at radius 2 is 1.30 bits per heavy atom. The van der Waals surface area contributed by atoms with Gasteiger partial charge in [0.15, 0.2) is 11.0 Å². The largest absolute Gasteiger partial charge is 0.380 e. The average molecular weight is 491 g/mol. The van der Waals surface area contributed by atoms with E-state index < -0.39 is 7.80 Å². The second-order valence-corrected chi connectivity index (χ2v) is 17.1. The van der Waals surface area contributed by atoms with Crippen LogP contribution in [0.1, 0.15) is 99.8 Å². The van der Waals surface area contributed by atoms with Gasteiger partial charge < -0.3 is 0 Å². The molecule has 0 heterocycles. The van der Waals surface area contributed by atoms with E-state index >= 15 is 0 Å². The summed E-state index contributed by atoms with van der Waals surface area (Å²) in [5.41, 5.74) is 1.03. The van der Waals surface area contributed by atoms with Crippen molar-refractivity contribution in [3.8, 4) is 0 Å². The van der Waals surface area contributed by atoms with Gasteiger partial charge in [-0.05, 0) is 47.4 Å². The Balaban J connectivity index is 0.000000655. The number of hydrogen-bond donors (Lipinski definition) is 0. The van der Waals surface area contributed by atoms with Crippen molar-refractivity contribution in [3.05, 3.63) is 30.3 Å². The molecule has 0 bridgehead atoms. The van der Waals surface area contributed by atoms with E-state index in [9.17, 15) is 4.57 Å². The molecule has 0 radical (unpaired) electrons. The minimum absolute atomic E-state index is 0. The van der Waals surface area contributed by atoms with Gasteiger partial charge in [-0.2, -0.15) is 0 Å². The van der Waals surface area contributed by atoms with Crippen LogP contribution in [0.15, 0.2) is 30.3 Å². The maximum absolute atomic E-state index is 13.2. The van der Waals surface area contributed by atoms with E-state index in [1.807, 2.05) is 18.2 Å². The summed E-state index contributed by atoms with van der Waals surface area (Å²) in [5, 5.41) is 1.71. The fourth-order valence-electron chi connectivity index (χ4n) is 5.89. The second-order valence-electron chi connectivity index (χ2n) is 11.0. The molecule has 0 amide bonds. The normalized spacial score (nSPS) is 23.4. The molecule has 0 spiro atoms. The van der Waals surface area contributed by atoms with Gasteiger partial charge in [0, 0.05) is 23.0 Å². The zero-order chi connectivity index (χ0) is 21.7. The van der Waals surface area contributed by atoms with Gasteiger partial charge in [0.05, 0.1) is 0 Å². The van der Waals surface area contributed by atoms with Crippen LogP contribution >= 0.6 is 15.7 Å². The van der Waals surface area contributed by atoms with Gasteiger partial charge in [-0.1, -0.05) is 111 Å². The number of benzene rings is 1. The van der Waals surface area contributed by atoms with Crippen LogP contribution < -0.4 is 5.30 Å². The minimum Gasteiger partial charge on any atom is -0.0923 e. The standard InChI is InChI=1S/C21H35OP2.C5H10.Fe/c1-16(24(20(2,3)4)21(5,6)7)18-14-11-15-19(18)23(22)17-12-9-8-10-13-17;1-2-4-5-3-1;/h8-10,12-13,16,18-19H,11,14-15H2,1-7H3;1-5H2;/q+1;;/t16-,18?,19?;;/m0../s1. The van der Waals surface area contributed by atoms with Crippen molar-refractivity contribution in [1.29, 1.82) is 0 Å². The molecule has 1 aromatic rings. The summed E-state index contributed by atoms with van der Waals surface area (Å²) in [6.45, 7) is 16.9. The zero-order valence-corrected chi connectivity index (χ0v) is 23.3. The van der Waals surface area contributed by atoms with Crippen molar-refractivity contribution in [1.82, 2.24) is 0 Å². The van der Waals surface area contributed by atoms with Gasteiger partial charge in [-0.15, -0.1) is 0 Å².